The molecule has 0 aliphatic rings. The van der Waals surface area contributed by atoms with Crippen LogP contribution in [0.2, 0.25) is 0 Å². The number of aromatic nitrogens is 2. The van der Waals surface area contributed by atoms with Crippen molar-refractivity contribution in [2.75, 3.05) is 0 Å². The first-order chi connectivity index (χ1) is 11.2. The number of hydrogen-bond acceptors (Lipinski definition) is 3. The van der Waals surface area contributed by atoms with Gasteiger partial charge in [0.1, 0.15) is 0 Å². The summed E-state index contributed by atoms with van der Waals surface area (Å²) in [5.41, 5.74) is 6.30. The van der Waals surface area contributed by atoms with Crippen molar-refractivity contribution in [1.82, 2.24) is 15.6 Å². The molecule has 4 N–H and O–H groups in total. The zero-order valence-corrected chi connectivity index (χ0v) is 13.9. The molecule has 0 saturated carbocycles. The second-order valence-electron chi connectivity index (χ2n) is 5.94. The molecule has 1 amide bonds. The van der Waals surface area contributed by atoms with Crippen molar-refractivity contribution >= 4 is 5.91 Å². The van der Waals surface area contributed by atoms with Crippen LogP contribution in [0.4, 0.5) is 0 Å². The predicted octanol–water partition coefficient (Wildman–Crippen LogP) is 3.29. The highest BCUT2D eigenvalue weighted by Crippen LogP contribution is 2.27. The lowest BCUT2D eigenvalue weighted by atomic mass is 9.96. The smallest absolute Gasteiger partial charge is 0.241 e. The zero-order chi connectivity index (χ0) is 16.7. The van der Waals surface area contributed by atoms with Gasteiger partial charge in [0, 0.05) is 5.56 Å². The predicted molar refractivity (Wildman–Crippen MR) is 92.6 cm³/mol. The van der Waals surface area contributed by atoms with E-state index < -0.39 is 0 Å². The minimum atomic E-state index is -0.345. The van der Waals surface area contributed by atoms with Gasteiger partial charge in [-0.05, 0) is 30.9 Å². The van der Waals surface area contributed by atoms with Gasteiger partial charge < -0.3 is 0 Å². The number of benzene rings is 1. The van der Waals surface area contributed by atoms with Crippen LogP contribution >= 0.6 is 0 Å². The lowest BCUT2D eigenvalue weighted by molar-refractivity contribution is -0.122. The van der Waals surface area contributed by atoms with E-state index in [-0.39, 0.29) is 11.8 Å². The first-order valence-corrected chi connectivity index (χ1v) is 8.30. The molecule has 0 aliphatic heterocycles. The lowest BCUT2D eigenvalue weighted by Crippen LogP contribution is -2.33. The van der Waals surface area contributed by atoms with E-state index in [2.05, 4.69) is 46.8 Å². The van der Waals surface area contributed by atoms with E-state index in [1.54, 1.807) is 6.20 Å². The second-order valence-corrected chi connectivity index (χ2v) is 5.94. The van der Waals surface area contributed by atoms with E-state index in [4.69, 9.17) is 5.84 Å². The Hall–Kier alpha value is -2.14. The highest BCUT2D eigenvalue weighted by atomic mass is 16.2. The number of carbonyl (C=O) groups is 1. The molecule has 1 aromatic carbocycles. The van der Waals surface area contributed by atoms with Crippen molar-refractivity contribution in [2.45, 2.75) is 51.9 Å². The number of rotatable bonds is 8. The maximum Gasteiger partial charge on any atom is 0.241 e. The average molecular weight is 314 g/mol. The third-order valence-corrected chi connectivity index (χ3v) is 4.23. The Morgan fingerprint density at radius 2 is 2.00 bits per heavy atom. The number of amides is 1. The fourth-order valence-electron chi connectivity index (χ4n) is 2.72. The van der Waals surface area contributed by atoms with Gasteiger partial charge in [0.2, 0.25) is 5.91 Å². The highest BCUT2D eigenvalue weighted by Gasteiger charge is 2.20. The van der Waals surface area contributed by atoms with Crippen molar-refractivity contribution in [3.8, 4) is 11.3 Å². The summed E-state index contributed by atoms with van der Waals surface area (Å²) < 4.78 is 0. The van der Waals surface area contributed by atoms with Crippen LogP contribution in [-0.4, -0.2) is 16.1 Å². The van der Waals surface area contributed by atoms with Crippen molar-refractivity contribution in [3.05, 3.63) is 41.6 Å². The number of hydrazine groups is 1. The summed E-state index contributed by atoms with van der Waals surface area (Å²) in [4.78, 5) is 11.7. The highest BCUT2D eigenvalue weighted by molar-refractivity contribution is 5.85. The maximum absolute atomic E-state index is 11.7. The van der Waals surface area contributed by atoms with Crippen LogP contribution in [0, 0.1) is 0 Å². The monoisotopic (exact) mass is 314 g/mol. The fraction of sp³-hybridized carbons (Fsp3) is 0.444. The molecule has 2 aromatic rings. The van der Waals surface area contributed by atoms with Gasteiger partial charge in [0.25, 0.3) is 0 Å². The summed E-state index contributed by atoms with van der Waals surface area (Å²) >= 11 is 0. The number of hydrogen-bond donors (Lipinski definition) is 3. The van der Waals surface area contributed by atoms with Crippen molar-refractivity contribution in [2.24, 2.45) is 5.84 Å². The van der Waals surface area contributed by atoms with Crippen molar-refractivity contribution in [3.63, 3.8) is 0 Å². The van der Waals surface area contributed by atoms with Crippen LogP contribution in [-0.2, 0) is 11.2 Å². The van der Waals surface area contributed by atoms with Gasteiger partial charge in [-0.3, -0.25) is 15.3 Å². The Bertz CT molecular complexity index is 618. The molecule has 1 atom stereocenters. The van der Waals surface area contributed by atoms with Gasteiger partial charge in [-0.1, -0.05) is 50.5 Å². The van der Waals surface area contributed by atoms with Crippen LogP contribution in [0.5, 0.6) is 0 Å². The lowest BCUT2D eigenvalue weighted by Gasteiger charge is -2.10. The summed E-state index contributed by atoms with van der Waals surface area (Å²) in [5, 5.41) is 7.07. The number of H-pyrrole nitrogens is 1. The molecule has 0 bridgehead atoms. The van der Waals surface area contributed by atoms with Gasteiger partial charge in [-0.15, -0.1) is 0 Å². The maximum atomic E-state index is 11.7. The molecule has 1 aromatic heterocycles. The molecule has 5 heteroatoms. The summed E-state index contributed by atoms with van der Waals surface area (Å²) in [5.74, 6) is 4.66. The van der Waals surface area contributed by atoms with Crippen molar-refractivity contribution in [1.29, 1.82) is 0 Å². The Kier molecular flexibility index (Phi) is 6.35. The number of nitrogens with two attached hydrogens (primary N) is 1. The van der Waals surface area contributed by atoms with Crippen LogP contribution in [0.25, 0.3) is 11.3 Å². The van der Waals surface area contributed by atoms with Crippen LogP contribution in [0.15, 0.2) is 30.5 Å². The SMILES string of the molecule is CCCCCCc1ccc(-c2[nH]ncc2C(C)C(=O)NN)cc1. The minimum Gasteiger partial charge on any atom is -0.294 e. The molecular weight excluding hydrogens is 288 g/mol. The standard InChI is InChI=1S/C18H26N4O/c1-3-4-5-6-7-14-8-10-15(11-9-14)17-16(12-20-22-17)13(2)18(23)21-19/h8-13H,3-7,19H2,1-2H3,(H,20,22)(H,21,23). The molecule has 5 nitrogen and oxygen atoms in total. The van der Waals surface area contributed by atoms with Crippen LogP contribution in [0.3, 0.4) is 0 Å². The van der Waals surface area contributed by atoms with Crippen LogP contribution in [0.1, 0.15) is 56.6 Å². The van der Waals surface area contributed by atoms with E-state index in [9.17, 15) is 4.79 Å². The van der Waals surface area contributed by atoms with E-state index in [0.29, 0.717) is 0 Å². The molecule has 1 unspecified atom stereocenters. The number of aromatic amines is 1. The fourth-order valence-corrected chi connectivity index (χ4v) is 2.72. The van der Waals surface area contributed by atoms with E-state index in [1.807, 2.05) is 6.92 Å². The molecule has 1 heterocycles. The second kappa shape index (κ2) is 8.48. The third kappa shape index (κ3) is 4.42. The van der Waals surface area contributed by atoms with Crippen molar-refractivity contribution < 1.29 is 4.79 Å². The molecule has 0 aliphatic carbocycles. The number of unbranched alkanes of at least 4 members (excludes halogenated alkanes) is 3. The molecule has 124 valence electrons. The molecule has 23 heavy (non-hydrogen) atoms. The number of aryl methyl sites for hydroxylation is 1. The van der Waals surface area contributed by atoms with Gasteiger partial charge >= 0.3 is 0 Å². The van der Waals surface area contributed by atoms with E-state index in [1.165, 1.54) is 31.2 Å². The Labute approximate surface area is 137 Å². The number of nitrogens with one attached hydrogen (secondary N) is 2. The van der Waals surface area contributed by atoms with E-state index in [0.717, 1.165) is 23.2 Å². The summed E-state index contributed by atoms with van der Waals surface area (Å²) in [6.07, 6.45) is 7.88. The molecule has 2 rings (SSSR count). The summed E-state index contributed by atoms with van der Waals surface area (Å²) in [6, 6.07) is 8.47. The first-order valence-electron chi connectivity index (χ1n) is 8.30. The normalized spacial score (nSPS) is 12.1. The Morgan fingerprint density at radius 3 is 2.65 bits per heavy atom. The molecular formula is C18H26N4O. The minimum absolute atomic E-state index is 0.222. The molecule has 0 radical (unpaired) electrons. The molecule has 0 fully saturated rings. The largest absolute Gasteiger partial charge is 0.294 e. The number of carbonyl (C=O) groups excluding carboxylic acids is 1. The Morgan fingerprint density at radius 1 is 1.26 bits per heavy atom. The first kappa shape index (κ1) is 17.2. The average Bonchev–Trinajstić information content (AvgIpc) is 3.07. The van der Waals surface area contributed by atoms with Gasteiger partial charge in [0.05, 0.1) is 17.8 Å². The molecule has 0 saturated heterocycles. The molecule has 0 spiro atoms. The quantitative estimate of drug-likeness (QED) is 0.302. The Balaban J connectivity index is 2.08. The zero-order valence-electron chi connectivity index (χ0n) is 13.9. The summed E-state index contributed by atoms with van der Waals surface area (Å²) in [6.45, 7) is 4.04. The summed E-state index contributed by atoms with van der Waals surface area (Å²) in [7, 11) is 0. The van der Waals surface area contributed by atoms with Gasteiger partial charge in [0.15, 0.2) is 0 Å². The third-order valence-electron chi connectivity index (χ3n) is 4.23. The topological polar surface area (TPSA) is 83.8 Å². The van der Waals surface area contributed by atoms with Crippen LogP contribution < -0.4 is 11.3 Å². The van der Waals surface area contributed by atoms with E-state index >= 15 is 0 Å². The number of nitrogens with zero attached hydrogens (tertiary/aromatic N) is 1. The van der Waals surface area contributed by atoms with Gasteiger partial charge in [-0.2, -0.15) is 5.10 Å². The van der Waals surface area contributed by atoms with Gasteiger partial charge in [-0.25, -0.2) is 5.84 Å².